The zero-order chi connectivity index (χ0) is 15.7. The molecule has 1 heterocycles. The van der Waals surface area contributed by atoms with Crippen LogP contribution in [-0.2, 0) is 11.2 Å². The van der Waals surface area contributed by atoms with Crippen molar-refractivity contribution in [2.75, 3.05) is 11.9 Å². The van der Waals surface area contributed by atoms with Crippen molar-refractivity contribution in [3.63, 3.8) is 0 Å². The predicted molar refractivity (Wildman–Crippen MR) is 91.1 cm³/mol. The third-order valence-corrected chi connectivity index (χ3v) is 5.39. The highest BCUT2D eigenvalue weighted by Gasteiger charge is 2.43. The summed E-state index contributed by atoms with van der Waals surface area (Å²) in [5.41, 5.74) is 2.38. The van der Waals surface area contributed by atoms with E-state index in [2.05, 4.69) is 48.3 Å². The average molecular weight is 300 g/mol. The minimum absolute atomic E-state index is 0.0780. The lowest BCUT2D eigenvalue weighted by Gasteiger charge is -2.38. The maximum absolute atomic E-state index is 13.3. The Kier molecular flexibility index (Phi) is 4.26. The van der Waals surface area contributed by atoms with Crippen LogP contribution in [0.2, 0.25) is 0 Å². The van der Waals surface area contributed by atoms with Crippen LogP contribution in [0.5, 0.6) is 0 Å². The SMILES string of the molecule is CNC1C(=O)N(C2CCCCC2)c2ccccc2CC1(C)C. The molecule has 1 N–H and O–H groups in total. The second-order valence-electron chi connectivity index (χ2n) is 7.52. The van der Waals surface area contributed by atoms with Gasteiger partial charge >= 0.3 is 0 Å². The summed E-state index contributed by atoms with van der Waals surface area (Å²) in [7, 11) is 1.92. The lowest BCUT2D eigenvalue weighted by atomic mass is 9.79. The van der Waals surface area contributed by atoms with E-state index < -0.39 is 0 Å². The summed E-state index contributed by atoms with van der Waals surface area (Å²) in [4.78, 5) is 15.4. The molecule has 0 spiro atoms. The van der Waals surface area contributed by atoms with E-state index in [0.717, 1.165) is 24.9 Å². The fraction of sp³-hybridized carbons (Fsp3) is 0.632. The molecule has 0 saturated heterocycles. The molecule has 3 nitrogen and oxygen atoms in total. The molecular weight excluding hydrogens is 272 g/mol. The van der Waals surface area contributed by atoms with Gasteiger partial charge in [0.1, 0.15) is 0 Å². The molecule has 1 amide bonds. The van der Waals surface area contributed by atoms with Crippen molar-refractivity contribution in [3.05, 3.63) is 29.8 Å². The van der Waals surface area contributed by atoms with Crippen LogP contribution < -0.4 is 10.2 Å². The van der Waals surface area contributed by atoms with Crippen LogP contribution in [0.15, 0.2) is 24.3 Å². The Labute approximate surface area is 134 Å². The van der Waals surface area contributed by atoms with Gasteiger partial charge < -0.3 is 10.2 Å². The normalized spacial score (nSPS) is 25.7. The first-order valence-corrected chi connectivity index (χ1v) is 8.63. The van der Waals surface area contributed by atoms with E-state index in [9.17, 15) is 4.79 Å². The molecule has 1 unspecified atom stereocenters. The number of carbonyl (C=O) groups excluding carboxylic acids is 1. The highest BCUT2D eigenvalue weighted by molar-refractivity contribution is 5.99. The van der Waals surface area contributed by atoms with Crippen LogP contribution in [0.3, 0.4) is 0 Å². The maximum atomic E-state index is 13.3. The molecule has 1 atom stereocenters. The highest BCUT2D eigenvalue weighted by atomic mass is 16.2. The molecule has 2 aliphatic rings. The number of rotatable bonds is 2. The second kappa shape index (κ2) is 6.04. The maximum Gasteiger partial charge on any atom is 0.244 e. The Hall–Kier alpha value is -1.35. The quantitative estimate of drug-likeness (QED) is 0.906. The monoisotopic (exact) mass is 300 g/mol. The van der Waals surface area contributed by atoms with E-state index in [1.165, 1.54) is 24.8 Å². The van der Waals surface area contributed by atoms with Crippen LogP contribution in [0.4, 0.5) is 5.69 Å². The highest BCUT2D eigenvalue weighted by Crippen LogP contribution is 2.39. The van der Waals surface area contributed by atoms with Gasteiger partial charge in [-0.25, -0.2) is 0 Å². The summed E-state index contributed by atoms with van der Waals surface area (Å²) < 4.78 is 0. The van der Waals surface area contributed by atoms with Gasteiger partial charge in [-0.3, -0.25) is 4.79 Å². The molecule has 1 saturated carbocycles. The number of likely N-dealkylation sites (N-methyl/N-ethyl adjacent to an activating group) is 1. The molecule has 1 fully saturated rings. The summed E-state index contributed by atoms with van der Waals surface area (Å²) in [6, 6.07) is 8.73. The van der Waals surface area contributed by atoms with Gasteiger partial charge in [-0.2, -0.15) is 0 Å². The number of anilines is 1. The molecule has 120 valence electrons. The molecule has 0 bridgehead atoms. The van der Waals surface area contributed by atoms with Crippen LogP contribution in [0, 0.1) is 5.41 Å². The third kappa shape index (κ3) is 2.67. The first kappa shape index (κ1) is 15.5. The Morgan fingerprint density at radius 2 is 1.82 bits per heavy atom. The summed E-state index contributed by atoms with van der Waals surface area (Å²) in [6.45, 7) is 4.40. The van der Waals surface area contributed by atoms with E-state index in [-0.39, 0.29) is 17.4 Å². The van der Waals surface area contributed by atoms with Crippen molar-refractivity contribution < 1.29 is 4.79 Å². The van der Waals surface area contributed by atoms with Gasteiger partial charge in [0, 0.05) is 11.7 Å². The second-order valence-corrected chi connectivity index (χ2v) is 7.52. The smallest absolute Gasteiger partial charge is 0.244 e. The first-order chi connectivity index (χ1) is 10.5. The third-order valence-electron chi connectivity index (χ3n) is 5.39. The van der Waals surface area contributed by atoms with Gasteiger partial charge in [0.05, 0.1) is 6.04 Å². The molecule has 1 aromatic rings. The van der Waals surface area contributed by atoms with E-state index in [1.807, 2.05) is 7.05 Å². The Balaban J connectivity index is 2.07. The number of para-hydroxylation sites is 1. The van der Waals surface area contributed by atoms with Crippen molar-refractivity contribution in [2.24, 2.45) is 5.41 Å². The standard InChI is InChI=1S/C19H28N2O/c1-19(2)13-14-9-7-8-12-16(14)21(18(22)17(19)20-3)15-10-5-4-6-11-15/h7-9,12,15,17,20H,4-6,10-11,13H2,1-3H3. The first-order valence-electron chi connectivity index (χ1n) is 8.63. The molecule has 3 rings (SSSR count). The minimum atomic E-state index is -0.123. The summed E-state index contributed by atoms with van der Waals surface area (Å²) in [5, 5.41) is 3.30. The number of benzene rings is 1. The molecular formula is C19H28N2O. The number of hydrogen-bond donors (Lipinski definition) is 1. The molecule has 1 aliphatic carbocycles. The van der Waals surface area contributed by atoms with Crippen LogP contribution in [0.1, 0.15) is 51.5 Å². The van der Waals surface area contributed by atoms with E-state index in [0.29, 0.717) is 6.04 Å². The van der Waals surface area contributed by atoms with Crippen molar-refractivity contribution >= 4 is 11.6 Å². The number of carbonyl (C=O) groups is 1. The topological polar surface area (TPSA) is 32.3 Å². The summed E-state index contributed by atoms with van der Waals surface area (Å²) in [6.07, 6.45) is 6.99. The van der Waals surface area contributed by atoms with E-state index in [1.54, 1.807) is 0 Å². The number of hydrogen-bond acceptors (Lipinski definition) is 2. The predicted octanol–water partition coefficient (Wildman–Crippen LogP) is 3.52. The fourth-order valence-corrected chi connectivity index (χ4v) is 4.31. The fourth-order valence-electron chi connectivity index (χ4n) is 4.31. The molecule has 0 radical (unpaired) electrons. The zero-order valence-electron chi connectivity index (χ0n) is 14.1. The largest absolute Gasteiger partial charge is 0.308 e. The number of fused-ring (bicyclic) bond motifs is 1. The molecule has 1 aromatic carbocycles. The molecule has 1 aliphatic heterocycles. The lowest BCUT2D eigenvalue weighted by Crippen LogP contribution is -2.54. The molecule has 0 aromatic heterocycles. The molecule has 22 heavy (non-hydrogen) atoms. The number of nitrogens with one attached hydrogen (secondary N) is 1. The molecule has 3 heteroatoms. The van der Waals surface area contributed by atoms with E-state index >= 15 is 0 Å². The minimum Gasteiger partial charge on any atom is -0.308 e. The van der Waals surface area contributed by atoms with Crippen molar-refractivity contribution in [3.8, 4) is 0 Å². The van der Waals surface area contributed by atoms with Gasteiger partial charge in [-0.05, 0) is 43.4 Å². The van der Waals surface area contributed by atoms with Crippen molar-refractivity contribution in [1.29, 1.82) is 0 Å². The van der Waals surface area contributed by atoms with Crippen molar-refractivity contribution in [2.45, 2.75) is 64.5 Å². The Morgan fingerprint density at radius 1 is 1.14 bits per heavy atom. The van der Waals surface area contributed by atoms with Gasteiger partial charge in [0.2, 0.25) is 5.91 Å². The van der Waals surface area contributed by atoms with Crippen molar-refractivity contribution in [1.82, 2.24) is 5.32 Å². The Bertz CT molecular complexity index is 546. The average Bonchev–Trinajstić information content (AvgIpc) is 2.58. The number of amides is 1. The lowest BCUT2D eigenvalue weighted by molar-refractivity contribution is -0.123. The van der Waals surface area contributed by atoms with Crippen LogP contribution in [0.25, 0.3) is 0 Å². The van der Waals surface area contributed by atoms with Gasteiger partial charge in [0.25, 0.3) is 0 Å². The number of nitrogens with zero attached hydrogens (tertiary/aromatic N) is 1. The van der Waals surface area contributed by atoms with Gasteiger partial charge in [0.15, 0.2) is 0 Å². The summed E-state index contributed by atoms with van der Waals surface area (Å²) in [5.74, 6) is 0.254. The van der Waals surface area contributed by atoms with Gasteiger partial charge in [-0.15, -0.1) is 0 Å². The van der Waals surface area contributed by atoms with E-state index in [4.69, 9.17) is 0 Å². The van der Waals surface area contributed by atoms with Gasteiger partial charge in [-0.1, -0.05) is 51.3 Å². The Morgan fingerprint density at radius 3 is 2.50 bits per heavy atom. The zero-order valence-corrected chi connectivity index (χ0v) is 14.1. The summed E-state index contributed by atoms with van der Waals surface area (Å²) >= 11 is 0. The van der Waals surface area contributed by atoms with Crippen LogP contribution in [-0.4, -0.2) is 25.0 Å². The van der Waals surface area contributed by atoms with Crippen LogP contribution >= 0.6 is 0 Å².